The molecule has 1 aliphatic heterocycles. The SMILES string of the molecule is Cc1cc(CN(C)Cc2ccc3c(c2)OCO3)on1. The predicted molar refractivity (Wildman–Crippen MR) is 69.0 cm³/mol. The summed E-state index contributed by atoms with van der Waals surface area (Å²) in [5.41, 5.74) is 2.09. The predicted octanol–water partition coefficient (Wildman–Crippen LogP) is 2.34. The van der Waals surface area contributed by atoms with Gasteiger partial charge in [-0.15, -0.1) is 0 Å². The lowest BCUT2D eigenvalue weighted by molar-refractivity contribution is 0.174. The van der Waals surface area contributed by atoms with Crippen molar-refractivity contribution in [3.63, 3.8) is 0 Å². The van der Waals surface area contributed by atoms with Gasteiger partial charge in [0.05, 0.1) is 12.2 Å². The van der Waals surface area contributed by atoms with E-state index in [1.165, 1.54) is 5.56 Å². The Morgan fingerprint density at radius 2 is 2.00 bits per heavy atom. The molecule has 0 N–H and O–H groups in total. The maximum atomic E-state index is 5.37. The molecular formula is C14H16N2O3. The van der Waals surface area contributed by atoms with Gasteiger partial charge in [-0.3, -0.25) is 4.90 Å². The molecule has 0 spiro atoms. The lowest BCUT2D eigenvalue weighted by atomic mass is 10.2. The lowest BCUT2D eigenvalue weighted by Crippen LogP contribution is -2.16. The van der Waals surface area contributed by atoms with Crippen LogP contribution >= 0.6 is 0 Å². The average Bonchev–Trinajstić information content (AvgIpc) is 2.97. The van der Waals surface area contributed by atoms with E-state index in [0.29, 0.717) is 6.79 Å². The summed E-state index contributed by atoms with van der Waals surface area (Å²) >= 11 is 0. The molecule has 0 fully saturated rings. The normalized spacial score (nSPS) is 13.2. The van der Waals surface area contributed by atoms with Gasteiger partial charge in [-0.1, -0.05) is 11.2 Å². The van der Waals surface area contributed by atoms with Crippen LogP contribution in [0.5, 0.6) is 11.5 Å². The summed E-state index contributed by atoms with van der Waals surface area (Å²) in [5.74, 6) is 2.51. The Kier molecular flexibility index (Phi) is 3.13. The van der Waals surface area contributed by atoms with Gasteiger partial charge in [-0.25, -0.2) is 0 Å². The molecule has 5 heteroatoms. The lowest BCUT2D eigenvalue weighted by Gasteiger charge is -2.14. The van der Waals surface area contributed by atoms with Gasteiger partial charge in [-0.05, 0) is 31.7 Å². The van der Waals surface area contributed by atoms with Crippen LogP contribution < -0.4 is 9.47 Å². The molecule has 0 bridgehead atoms. The fraction of sp³-hybridized carbons (Fsp3) is 0.357. The molecular weight excluding hydrogens is 244 g/mol. The summed E-state index contributed by atoms with van der Waals surface area (Å²) in [6.07, 6.45) is 0. The van der Waals surface area contributed by atoms with Gasteiger partial charge in [-0.2, -0.15) is 0 Å². The van der Waals surface area contributed by atoms with E-state index >= 15 is 0 Å². The zero-order valence-electron chi connectivity index (χ0n) is 11.0. The Hall–Kier alpha value is -2.01. The molecule has 1 aromatic carbocycles. The Bertz CT molecular complexity index is 580. The number of benzene rings is 1. The van der Waals surface area contributed by atoms with Gasteiger partial charge < -0.3 is 14.0 Å². The van der Waals surface area contributed by atoms with E-state index in [0.717, 1.165) is 36.0 Å². The van der Waals surface area contributed by atoms with Gasteiger partial charge >= 0.3 is 0 Å². The van der Waals surface area contributed by atoms with Crippen LogP contribution in [-0.2, 0) is 13.1 Å². The van der Waals surface area contributed by atoms with Crippen LogP contribution in [0.15, 0.2) is 28.8 Å². The number of fused-ring (bicyclic) bond motifs is 1. The number of rotatable bonds is 4. The van der Waals surface area contributed by atoms with Crippen molar-refractivity contribution in [2.75, 3.05) is 13.8 Å². The number of hydrogen-bond donors (Lipinski definition) is 0. The van der Waals surface area contributed by atoms with E-state index in [4.69, 9.17) is 14.0 Å². The van der Waals surface area contributed by atoms with Gasteiger partial charge in [0, 0.05) is 12.6 Å². The van der Waals surface area contributed by atoms with E-state index in [2.05, 4.69) is 16.1 Å². The van der Waals surface area contributed by atoms with E-state index < -0.39 is 0 Å². The van der Waals surface area contributed by atoms with Crippen LogP contribution in [0.2, 0.25) is 0 Å². The van der Waals surface area contributed by atoms with Crippen molar-refractivity contribution in [1.82, 2.24) is 10.1 Å². The third kappa shape index (κ3) is 2.71. The fourth-order valence-corrected chi connectivity index (χ4v) is 2.16. The molecule has 0 amide bonds. The molecule has 0 aliphatic carbocycles. The van der Waals surface area contributed by atoms with Crippen LogP contribution in [0.1, 0.15) is 17.0 Å². The first-order valence-electron chi connectivity index (χ1n) is 6.20. The summed E-state index contributed by atoms with van der Waals surface area (Å²) < 4.78 is 15.9. The first-order chi connectivity index (χ1) is 9.20. The highest BCUT2D eigenvalue weighted by Crippen LogP contribution is 2.32. The molecule has 2 heterocycles. The molecule has 0 saturated heterocycles. The van der Waals surface area contributed by atoms with Crippen molar-refractivity contribution >= 4 is 0 Å². The molecule has 2 aromatic rings. The number of aromatic nitrogens is 1. The van der Waals surface area contributed by atoms with Crippen molar-refractivity contribution in [2.45, 2.75) is 20.0 Å². The van der Waals surface area contributed by atoms with E-state index in [1.807, 2.05) is 32.2 Å². The van der Waals surface area contributed by atoms with Gasteiger partial charge in [0.25, 0.3) is 0 Å². The minimum atomic E-state index is 0.311. The van der Waals surface area contributed by atoms with Crippen molar-refractivity contribution in [1.29, 1.82) is 0 Å². The van der Waals surface area contributed by atoms with Crippen LogP contribution in [0, 0.1) is 6.92 Å². The monoisotopic (exact) mass is 260 g/mol. The van der Waals surface area contributed by atoms with Crippen LogP contribution in [-0.4, -0.2) is 23.9 Å². The number of aryl methyl sites for hydroxylation is 1. The molecule has 100 valence electrons. The first kappa shape index (κ1) is 12.0. The standard InChI is InChI=1S/C14H16N2O3/c1-10-5-12(19-15-10)8-16(2)7-11-3-4-13-14(6-11)18-9-17-13/h3-6H,7-9H2,1-2H3. The van der Waals surface area contributed by atoms with E-state index in [-0.39, 0.29) is 0 Å². The molecule has 0 saturated carbocycles. The highest BCUT2D eigenvalue weighted by Gasteiger charge is 2.14. The molecule has 1 aliphatic rings. The number of ether oxygens (including phenoxy) is 2. The zero-order chi connectivity index (χ0) is 13.2. The van der Waals surface area contributed by atoms with Crippen molar-refractivity contribution in [3.8, 4) is 11.5 Å². The molecule has 0 atom stereocenters. The topological polar surface area (TPSA) is 47.7 Å². The van der Waals surface area contributed by atoms with Crippen LogP contribution in [0.25, 0.3) is 0 Å². The molecule has 3 rings (SSSR count). The second-order valence-corrected chi connectivity index (χ2v) is 4.79. The highest BCUT2D eigenvalue weighted by atomic mass is 16.7. The van der Waals surface area contributed by atoms with E-state index in [9.17, 15) is 0 Å². The third-order valence-corrected chi connectivity index (χ3v) is 2.99. The van der Waals surface area contributed by atoms with Gasteiger partial charge in [0.1, 0.15) is 0 Å². The van der Waals surface area contributed by atoms with Crippen LogP contribution in [0.3, 0.4) is 0 Å². The minimum absolute atomic E-state index is 0.311. The van der Waals surface area contributed by atoms with Crippen molar-refractivity contribution < 1.29 is 14.0 Å². The third-order valence-electron chi connectivity index (χ3n) is 2.99. The average molecular weight is 260 g/mol. The number of nitrogens with zero attached hydrogens (tertiary/aromatic N) is 2. The minimum Gasteiger partial charge on any atom is -0.454 e. The maximum absolute atomic E-state index is 5.37. The van der Waals surface area contributed by atoms with Gasteiger partial charge in [0.15, 0.2) is 17.3 Å². The summed E-state index contributed by atoms with van der Waals surface area (Å²) in [7, 11) is 2.04. The molecule has 0 unspecified atom stereocenters. The van der Waals surface area contributed by atoms with Crippen LogP contribution in [0.4, 0.5) is 0 Å². The second-order valence-electron chi connectivity index (χ2n) is 4.79. The molecule has 5 nitrogen and oxygen atoms in total. The first-order valence-corrected chi connectivity index (χ1v) is 6.20. The largest absolute Gasteiger partial charge is 0.454 e. The fourth-order valence-electron chi connectivity index (χ4n) is 2.16. The van der Waals surface area contributed by atoms with Gasteiger partial charge in [0.2, 0.25) is 6.79 Å². The summed E-state index contributed by atoms with van der Waals surface area (Å²) in [6.45, 7) is 3.78. The quantitative estimate of drug-likeness (QED) is 0.844. The Balaban J connectivity index is 1.64. The molecule has 1 aromatic heterocycles. The summed E-state index contributed by atoms with van der Waals surface area (Å²) in [5, 5.41) is 3.89. The maximum Gasteiger partial charge on any atom is 0.231 e. The molecule has 19 heavy (non-hydrogen) atoms. The van der Waals surface area contributed by atoms with Crippen molar-refractivity contribution in [3.05, 3.63) is 41.3 Å². The number of hydrogen-bond acceptors (Lipinski definition) is 5. The summed E-state index contributed by atoms with van der Waals surface area (Å²) in [4.78, 5) is 2.16. The van der Waals surface area contributed by atoms with Crippen molar-refractivity contribution in [2.24, 2.45) is 0 Å². The Morgan fingerprint density at radius 1 is 1.16 bits per heavy atom. The van der Waals surface area contributed by atoms with E-state index in [1.54, 1.807) is 0 Å². The smallest absolute Gasteiger partial charge is 0.231 e. The second kappa shape index (κ2) is 4.93. The molecule has 0 radical (unpaired) electrons. The highest BCUT2D eigenvalue weighted by molar-refractivity contribution is 5.44. The summed E-state index contributed by atoms with van der Waals surface area (Å²) in [6, 6.07) is 7.97. The Morgan fingerprint density at radius 3 is 2.79 bits per heavy atom. The Labute approximate surface area is 111 Å². The zero-order valence-corrected chi connectivity index (χ0v) is 11.0.